The predicted molar refractivity (Wildman–Crippen MR) is 85.6 cm³/mol. The number of nitrogens with zero attached hydrogens (tertiary/aromatic N) is 3. The Labute approximate surface area is 139 Å². The quantitative estimate of drug-likeness (QED) is 0.818. The molecule has 0 fully saturated rings. The summed E-state index contributed by atoms with van der Waals surface area (Å²) in [7, 11) is 0. The molecule has 0 spiro atoms. The molecule has 0 aliphatic carbocycles. The molecule has 1 amide bonds. The normalized spacial score (nSPS) is 9.62. The molecule has 0 atom stereocenters. The van der Waals surface area contributed by atoms with E-state index in [2.05, 4.69) is 0 Å². The minimum Gasteiger partial charge on any atom is -0.482 e. The maximum absolute atomic E-state index is 13.9. The van der Waals surface area contributed by atoms with Gasteiger partial charge in [0.2, 0.25) is 0 Å². The zero-order chi connectivity index (χ0) is 17.4. The van der Waals surface area contributed by atoms with Crippen LogP contribution in [-0.2, 0) is 4.79 Å². The van der Waals surface area contributed by atoms with Gasteiger partial charge in [0.05, 0.1) is 23.7 Å². The number of hydrogen-bond acceptors (Lipinski definition) is 4. The van der Waals surface area contributed by atoms with E-state index in [1.54, 1.807) is 30.3 Å². The van der Waals surface area contributed by atoms with Gasteiger partial charge in [-0.2, -0.15) is 10.5 Å². The van der Waals surface area contributed by atoms with Crippen LogP contribution in [0.2, 0.25) is 0 Å². The monoisotopic (exact) mass is 323 g/mol. The zero-order valence-corrected chi connectivity index (χ0v) is 12.8. The predicted octanol–water partition coefficient (Wildman–Crippen LogP) is 3.02. The topological polar surface area (TPSA) is 77.1 Å². The van der Waals surface area contributed by atoms with Gasteiger partial charge in [0.1, 0.15) is 17.6 Å². The summed E-state index contributed by atoms with van der Waals surface area (Å²) in [5.74, 6) is -0.772. The van der Waals surface area contributed by atoms with Crippen molar-refractivity contribution < 1.29 is 13.9 Å². The lowest BCUT2D eigenvalue weighted by atomic mass is 10.2. The highest BCUT2D eigenvalue weighted by atomic mass is 19.1. The summed E-state index contributed by atoms with van der Waals surface area (Å²) in [4.78, 5) is 13.6. The maximum Gasteiger partial charge on any atom is 0.265 e. The van der Waals surface area contributed by atoms with Gasteiger partial charge in [0.25, 0.3) is 5.91 Å². The van der Waals surface area contributed by atoms with Crippen molar-refractivity contribution in [1.82, 2.24) is 0 Å². The first kappa shape index (κ1) is 17.0. The summed E-state index contributed by atoms with van der Waals surface area (Å²) < 4.78 is 19.3. The fourth-order valence-corrected chi connectivity index (χ4v) is 2.11. The first-order chi connectivity index (χ1) is 11.7. The van der Waals surface area contributed by atoms with Gasteiger partial charge < -0.3 is 9.64 Å². The molecule has 0 aromatic heterocycles. The second-order valence-corrected chi connectivity index (χ2v) is 4.80. The van der Waals surface area contributed by atoms with Crippen molar-refractivity contribution in [3.8, 4) is 17.9 Å². The number of para-hydroxylation sites is 2. The average Bonchev–Trinajstić information content (AvgIpc) is 2.61. The second-order valence-electron chi connectivity index (χ2n) is 4.80. The molecule has 0 aliphatic heterocycles. The van der Waals surface area contributed by atoms with E-state index in [1.165, 1.54) is 23.1 Å². The van der Waals surface area contributed by atoms with Crippen LogP contribution in [0.4, 0.5) is 10.1 Å². The van der Waals surface area contributed by atoms with Crippen LogP contribution in [0, 0.1) is 28.5 Å². The van der Waals surface area contributed by atoms with Gasteiger partial charge in [-0.1, -0.05) is 24.3 Å². The Bertz CT molecular complexity index is 808. The number of halogens is 1. The number of hydrogen-bond donors (Lipinski definition) is 0. The Kier molecular flexibility index (Phi) is 5.88. The fourth-order valence-electron chi connectivity index (χ4n) is 2.11. The maximum atomic E-state index is 13.9. The minimum absolute atomic E-state index is 0.0551. The molecule has 6 heteroatoms. The highest BCUT2D eigenvalue weighted by molar-refractivity contribution is 5.94. The molecule has 0 aliphatic rings. The van der Waals surface area contributed by atoms with Crippen LogP contribution in [0.5, 0.6) is 5.75 Å². The summed E-state index contributed by atoms with van der Waals surface area (Å²) >= 11 is 0. The van der Waals surface area contributed by atoms with Crippen LogP contribution in [0.1, 0.15) is 12.0 Å². The van der Waals surface area contributed by atoms with Crippen LogP contribution in [0.3, 0.4) is 0 Å². The second kappa shape index (κ2) is 8.30. The smallest absolute Gasteiger partial charge is 0.265 e. The number of amides is 1. The molecule has 5 nitrogen and oxygen atoms in total. The number of carbonyl (C=O) groups excluding carboxylic acids is 1. The van der Waals surface area contributed by atoms with Gasteiger partial charge in [-0.25, -0.2) is 4.39 Å². The SMILES string of the molecule is N#CCCN(C(=O)COc1ccccc1C#N)c1ccccc1F. The van der Waals surface area contributed by atoms with E-state index < -0.39 is 11.7 Å². The Morgan fingerprint density at radius 2 is 1.83 bits per heavy atom. The van der Waals surface area contributed by atoms with Gasteiger partial charge in [0, 0.05) is 6.54 Å². The van der Waals surface area contributed by atoms with E-state index in [0.29, 0.717) is 5.56 Å². The molecule has 0 bridgehead atoms. The molecule has 0 radical (unpaired) electrons. The summed E-state index contributed by atoms with van der Waals surface area (Å²) in [5, 5.41) is 17.8. The summed E-state index contributed by atoms with van der Waals surface area (Å²) in [5.41, 5.74) is 0.398. The van der Waals surface area contributed by atoms with Crippen LogP contribution in [0.15, 0.2) is 48.5 Å². The van der Waals surface area contributed by atoms with Crippen LogP contribution < -0.4 is 9.64 Å². The lowest BCUT2D eigenvalue weighted by Gasteiger charge is -2.22. The number of anilines is 1. The largest absolute Gasteiger partial charge is 0.482 e. The molecule has 0 saturated carbocycles. The third kappa shape index (κ3) is 4.08. The van der Waals surface area contributed by atoms with Gasteiger partial charge in [-0.3, -0.25) is 4.79 Å². The van der Waals surface area contributed by atoms with Gasteiger partial charge in [0.15, 0.2) is 6.61 Å². The fraction of sp³-hybridized carbons (Fsp3) is 0.167. The molecule has 0 heterocycles. The van der Waals surface area contributed by atoms with E-state index in [1.807, 2.05) is 12.1 Å². The third-order valence-electron chi connectivity index (χ3n) is 3.25. The molecule has 120 valence electrons. The van der Waals surface area contributed by atoms with Gasteiger partial charge in [-0.05, 0) is 24.3 Å². The Morgan fingerprint density at radius 1 is 1.12 bits per heavy atom. The van der Waals surface area contributed by atoms with Crippen molar-refractivity contribution >= 4 is 11.6 Å². The minimum atomic E-state index is -0.554. The van der Waals surface area contributed by atoms with Crippen molar-refractivity contribution in [2.24, 2.45) is 0 Å². The zero-order valence-electron chi connectivity index (χ0n) is 12.8. The van der Waals surface area contributed by atoms with E-state index in [-0.39, 0.29) is 31.0 Å². The molecule has 0 saturated heterocycles. The van der Waals surface area contributed by atoms with Gasteiger partial charge in [-0.15, -0.1) is 0 Å². The van der Waals surface area contributed by atoms with Crippen molar-refractivity contribution in [2.45, 2.75) is 6.42 Å². The van der Waals surface area contributed by atoms with E-state index in [9.17, 15) is 9.18 Å². The molecule has 24 heavy (non-hydrogen) atoms. The first-order valence-electron chi connectivity index (χ1n) is 7.21. The van der Waals surface area contributed by atoms with Crippen LogP contribution in [-0.4, -0.2) is 19.1 Å². The lowest BCUT2D eigenvalue weighted by Crippen LogP contribution is -2.36. The summed E-state index contributed by atoms with van der Waals surface area (Å²) in [6, 6.07) is 16.3. The molecule has 0 unspecified atom stereocenters. The highest BCUT2D eigenvalue weighted by Gasteiger charge is 2.19. The van der Waals surface area contributed by atoms with E-state index in [4.69, 9.17) is 15.3 Å². The Morgan fingerprint density at radius 3 is 2.54 bits per heavy atom. The standard InChI is InChI=1S/C18H14FN3O2/c19-15-7-2-3-8-16(15)22(11-5-10-20)18(23)13-24-17-9-4-1-6-14(17)12-21/h1-4,6-9H,5,11,13H2. The Hall–Kier alpha value is -3.38. The lowest BCUT2D eigenvalue weighted by molar-refractivity contribution is -0.120. The van der Waals surface area contributed by atoms with Crippen molar-refractivity contribution in [3.05, 3.63) is 59.9 Å². The molecule has 2 rings (SSSR count). The summed E-state index contributed by atoms with van der Waals surface area (Å²) in [6.07, 6.45) is 0.0643. The Balaban J connectivity index is 2.15. The van der Waals surface area contributed by atoms with E-state index in [0.717, 1.165) is 0 Å². The van der Waals surface area contributed by atoms with E-state index >= 15 is 0 Å². The average molecular weight is 323 g/mol. The molecule has 2 aromatic carbocycles. The number of benzene rings is 2. The van der Waals surface area contributed by atoms with Crippen molar-refractivity contribution in [1.29, 1.82) is 10.5 Å². The molecule has 2 aromatic rings. The van der Waals surface area contributed by atoms with Gasteiger partial charge >= 0.3 is 0 Å². The van der Waals surface area contributed by atoms with Crippen LogP contribution >= 0.6 is 0 Å². The highest BCUT2D eigenvalue weighted by Crippen LogP contribution is 2.20. The first-order valence-corrected chi connectivity index (χ1v) is 7.21. The molecule has 0 N–H and O–H groups in total. The number of rotatable bonds is 6. The van der Waals surface area contributed by atoms with Crippen molar-refractivity contribution in [2.75, 3.05) is 18.1 Å². The number of ether oxygens (including phenoxy) is 1. The third-order valence-corrected chi connectivity index (χ3v) is 3.25. The van der Waals surface area contributed by atoms with Crippen LogP contribution in [0.25, 0.3) is 0 Å². The molecular weight excluding hydrogens is 309 g/mol. The number of nitriles is 2. The van der Waals surface area contributed by atoms with Crippen molar-refractivity contribution in [3.63, 3.8) is 0 Å². The summed E-state index contributed by atoms with van der Waals surface area (Å²) in [6.45, 7) is -0.308. The molecular formula is C18H14FN3O2. The number of carbonyl (C=O) groups is 1.